The number of methoxy groups -OCH3 is 1. The highest BCUT2D eigenvalue weighted by atomic mass is 128. The molecule has 340 valence electrons. The van der Waals surface area contributed by atoms with Crippen molar-refractivity contribution >= 4 is 114 Å². The number of esters is 3. The van der Waals surface area contributed by atoms with Crippen molar-refractivity contribution in [3.05, 3.63) is 12.2 Å². The number of nitrogens with zero attached hydrogens (tertiary/aromatic N) is 1. The summed E-state index contributed by atoms with van der Waals surface area (Å²) >= 11 is 4.24. The average molecular weight is 1190 g/mol. The van der Waals surface area contributed by atoms with Crippen LogP contribution in [0, 0.1) is 27.1 Å². The molecule has 7 fully saturated rings. The molecule has 0 aromatic heterocycles. The Labute approximate surface area is 393 Å². The molecule has 0 unspecified atom stereocenters. The van der Waals surface area contributed by atoms with E-state index in [2.05, 4.69) is 53.3 Å². The molecule has 7 rings (SSSR count). The summed E-state index contributed by atoms with van der Waals surface area (Å²) in [5, 5.41) is 18.3. The lowest BCUT2D eigenvalue weighted by Gasteiger charge is -2.21. The van der Waals surface area contributed by atoms with E-state index in [1.165, 1.54) is 41.0 Å². The van der Waals surface area contributed by atoms with Gasteiger partial charge in [0.2, 0.25) is 5.91 Å². The van der Waals surface area contributed by atoms with Crippen LogP contribution in [-0.4, -0.2) is 89.6 Å². The summed E-state index contributed by atoms with van der Waals surface area (Å²) in [6, 6.07) is 0. The topological polar surface area (TPSA) is 225 Å². The van der Waals surface area contributed by atoms with E-state index in [4.69, 9.17) is 15.1 Å². The molecular weight excluding hydrogens is 1120 g/mol. The molecule has 1 saturated heterocycles. The van der Waals surface area contributed by atoms with Crippen LogP contribution >= 0.6 is 61.2 Å². The number of halogens is 3. The third-order valence-corrected chi connectivity index (χ3v) is 11.9. The SMILES string of the molecule is C=C1CC(=O)CC2(CC2)C1.CC(=O)CC1(CC(=O)O)CC1.COC(=O)CC1(CC(C)=O)CC1.CON(C)C(=O)CC1(CC(=O)O)CC1.I.II.O=C1CC2(CC2)CC(=O)O1. The van der Waals surface area contributed by atoms with Crippen LogP contribution in [0.3, 0.4) is 0 Å². The van der Waals surface area contributed by atoms with E-state index in [1.54, 1.807) is 6.92 Å². The third kappa shape index (κ3) is 21.3. The minimum Gasteiger partial charge on any atom is -0.481 e. The Morgan fingerprint density at radius 2 is 1.03 bits per heavy atom. The molecule has 60 heavy (non-hydrogen) atoms. The molecule has 0 aromatic carbocycles. The maximum absolute atomic E-state index is 11.4. The first kappa shape index (κ1) is 55.9. The predicted octanol–water partition coefficient (Wildman–Crippen LogP) is 8.28. The van der Waals surface area contributed by atoms with Gasteiger partial charge < -0.3 is 29.3 Å². The number of hydroxylamine groups is 2. The lowest BCUT2D eigenvalue weighted by atomic mass is 9.83. The fourth-order valence-corrected chi connectivity index (χ4v) is 7.74. The molecule has 2 N–H and O–H groups in total. The minimum atomic E-state index is -0.838. The molecule has 6 saturated carbocycles. The number of carboxylic acids is 2. The number of rotatable bonds is 13. The van der Waals surface area contributed by atoms with Crippen molar-refractivity contribution in [3.8, 4) is 0 Å². The van der Waals surface area contributed by atoms with Crippen molar-refractivity contribution in [1.29, 1.82) is 0 Å². The molecule has 2 spiro atoms. The predicted molar refractivity (Wildman–Crippen MR) is 246 cm³/mol. The van der Waals surface area contributed by atoms with Crippen molar-refractivity contribution in [2.45, 2.75) is 149 Å². The van der Waals surface area contributed by atoms with Gasteiger partial charge in [0.05, 0.1) is 46.3 Å². The van der Waals surface area contributed by atoms with Gasteiger partial charge in [0.15, 0.2) is 0 Å². The second-order valence-electron chi connectivity index (χ2n) is 17.9. The number of ketones is 3. The van der Waals surface area contributed by atoms with Crippen molar-refractivity contribution in [2.24, 2.45) is 27.1 Å². The normalized spacial score (nSPS) is 21.1. The van der Waals surface area contributed by atoms with Gasteiger partial charge in [-0.3, -0.25) is 38.4 Å². The van der Waals surface area contributed by atoms with Gasteiger partial charge in [0.1, 0.15) is 17.3 Å². The summed E-state index contributed by atoms with van der Waals surface area (Å²) in [6.07, 6.45) is 15.4. The van der Waals surface area contributed by atoms with Gasteiger partial charge in [-0.05, 0) is 112 Å². The number of Topliss-reactive ketones (excluding diaryl/α,β-unsaturated/α-hetero) is 3. The Bertz CT molecular complexity index is 1510. The van der Waals surface area contributed by atoms with Gasteiger partial charge >= 0.3 is 29.8 Å². The number of carbonyl (C=O) groups excluding carboxylic acids is 7. The summed E-state index contributed by atoms with van der Waals surface area (Å²) in [4.78, 5) is 102. The monoisotopic (exact) mass is 1190 g/mol. The number of allylic oxidation sites excluding steroid dienone is 1. The second-order valence-corrected chi connectivity index (χ2v) is 17.9. The minimum absolute atomic E-state index is 0. The Balaban J connectivity index is 0.000000371. The van der Waals surface area contributed by atoms with E-state index in [0.29, 0.717) is 49.7 Å². The molecule has 0 aromatic rings. The van der Waals surface area contributed by atoms with Crippen molar-refractivity contribution in [2.75, 3.05) is 21.3 Å². The molecule has 7 aliphatic rings. The lowest BCUT2D eigenvalue weighted by molar-refractivity contribution is -0.170. The van der Waals surface area contributed by atoms with E-state index in [9.17, 15) is 43.2 Å². The first-order valence-corrected chi connectivity index (χ1v) is 26.2. The standard InChI is InChI=1S/C9H15NO4.C9H14O3.C9H12O.C8H12O3.C7H8O3.I2.HI/c1-10(14-2)7(11)5-9(3-4-9)6-8(12)13;1-7(10)5-9(3-4-9)6-8(11)12-2;1-7-4-8(10)6-9(5-7)2-3-9;1-6(9)4-8(2-3-8)5-7(10)11;8-5-3-7(1-2-7)4-6(9)10-5;1-2;/h3-6H2,1-2H3,(H,12,13);3-6H2,1-2H3;1-6H2;2-5H2,1H3,(H,10,11);1-4H2;;1H. The maximum Gasteiger partial charge on any atom is 0.314 e. The zero-order chi connectivity index (χ0) is 44.8. The second kappa shape index (κ2) is 24.7. The zero-order valence-corrected chi connectivity index (χ0v) is 42.1. The fraction of sp³-hybridized carbons (Fsp3) is 0.738. The first-order valence-electron chi connectivity index (χ1n) is 19.9. The number of amides is 1. The molecule has 1 amide bonds. The van der Waals surface area contributed by atoms with Crippen molar-refractivity contribution in [1.82, 2.24) is 5.06 Å². The highest BCUT2D eigenvalue weighted by molar-refractivity contribution is 15.0. The smallest absolute Gasteiger partial charge is 0.314 e. The lowest BCUT2D eigenvalue weighted by Crippen LogP contribution is -2.28. The number of cyclic esters (lactones) is 2. The van der Waals surface area contributed by atoms with Crippen LogP contribution < -0.4 is 0 Å². The summed E-state index contributed by atoms with van der Waals surface area (Å²) < 4.78 is 8.94. The molecule has 6 aliphatic carbocycles. The van der Waals surface area contributed by atoms with Crippen LogP contribution in [0.5, 0.6) is 0 Å². The van der Waals surface area contributed by atoms with Gasteiger partial charge in [-0.2, -0.15) is 0 Å². The number of carboxylic acid groups (broad SMARTS) is 2. The van der Waals surface area contributed by atoms with E-state index in [1.807, 2.05) is 0 Å². The fourth-order valence-electron chi connectivity index (χ4n) is 7.74. The molecule has 15 nitrogen and oxygen atoms in total. The molecule has 0 radical (unpaired) electrons. The van der Waals surface area contributed by atoms with Gasteiger partial charge in [-0.1, -0.05) is 12.2 Å². The third-order valence-electron chi connectivity index (χ3n) is 11.9. The number of aliphatic carboxylic acids is 2. The summed E-state index contributed by atoms with van der Waals surface area (Å²) in [5.41, 5.74) is 1.15. The van der Waals surface area contributed by atoms with E-state index in [0.717, 1.165) is 74.8 Å². The molecule has 0 atom stereocenters. The van der Waals surface area contributed by atoms with Gasteiger partial charge in [-0.25, -0.2) is 5.06 Å². The maximum atomic E-state index is 11.4. The van der Waals surface area contributed by atoms with Gasteiger partial charge in [0, 0.05) is 76.4 Å². The molecule has 1 aliphatic heterocycles. The van der Waals surface area contributed by atoms with Crippen molar-refractivity contribution < 1.29 is 67.7 Å². The number of ether oxygens (including phenoxy) is 2. The molecule has 18 heteroatoms. The Morgan fingerprint density at radius 1 is 0.650 bits per heavy atom. The number of hydrogen-bond donors (Lipinski definition) is 2. The van der Waals surface area contributed by atoms with Crippen LogP contribution in [0.2, 0.25) is 0 Å². The van der Waals surface area contributed by atoms with Crippen molar-refractivity contribution in [3.63, 3.8) is 0 Å². The first-order chi connectivity index (χ1) is 27.5. The highest BCUT2D eigenvalue weighted by Gasteiger charge is 2.50. The molecule has 0 bridgehead atoms. The van der Waals surface area contributed by atoms with Crippen LogP contribution in [0.4, 0.5) is 0 Å². The van der Waals surface area contributed by atoms with Crippen LogP contribution in [-0.2, 0) is 57.5 Å². The number of hydrogen-bond acceptors (Lipinski definition) is 12. The summed E-state index contributed by atoms with van der Waals surface area (Å²) in [6.45, 7) is 6.96. The highest BCUT2D eigenvalue weighted by Crippen LogP contribution is 2.57. The molecular formula is C42H62I3NO14. The van der Waals surface area contributed by atoms with Crippen LogP contribution in [0.15, 0.2) is 12.2 Å². The van der Waals surface area contributed by atoms with Gasteiger partial charge in [0.25, 0.3) is 0 Å². The molecule has 1 heterocycles. The largest absolute Gasteiger partial charge is 0.481 e. The number of carbonyl (C=O) groups is 9. The Morgan fingerprint density at radius 3 is 1.35 bits per heavy atom. The summed E-state index contributed by atoms with van der Waals surface area (Å²) in [5.74, 6) is -1.99. The van der Waals surface area contributed by atoms with Crippen LogP contribution in [0.1, 0.15) is 149 Å². The van der Waals surface area contributed by atoms with Crippen LogP contribution in [0.25, 0.3) is 0 Å². The Kier molecular flexibility index (Phi) is 23.0. The summed E-state index contributed by atoms with van der Waals surface area (Å²) in [7, 11) is 4.32. The van der Waals surface area contributed by atoms with E-state index < -0.39 is 11.9 Å². The van der Waals surface area contributed by atoms with Gasteiger partial charge in [-0.15, -0.1) is 24.0 Å². The quantitative estimate of drug-likeness (QED) is 0.0582. The Hall–Kier alpha value is -2.08. The van der Waals surface area contributed by atoms with E-state index in [-0.39, 0.29) is 100 Å². The van der Waals surface area contributed by atoms with E-state index >= 15 is 0 Å². The zero-order valence-electron chi connectivity index (χ0n) is 35.5. The average Bonchev–Trinajstić information content (AvgIpc) is 3.83.